The van der Waals surface area contributed by atoms with Gasteiger partial charge in [-0.05, 0) is 36.3 Å². The average Bonchev–Trinajstić information content (AvgIpc) is 3.19. The van der Waals surface area contributed by atoms with Crippen LogP contribution in [0.3, 0.4) is 0 Å². The minimum Gasteiger partial charge on any atom is -0.334 e. The Kier molecular flexibility index (Phi) is 3.31. The van der Waals surface area contributed by atoms with E-state index in [2.05, 4.69) is 31.2 Å². The van der Waals surface area contributed by atoms with E-state index in [-0.39, 0.29) is 18.0 Å². The highest BCUT2D eigenvalue weighted by Gasteiger charge is 2.38. The van der Waals surface area contributed by atoms with Crippen LogP contribution in [0.5, 0.6) is 0 Å². The minimum absolute atomic E-state index is 0.0641. The van der Waals surface area contributed by atoms with Crippen molar-refractivity contribution in [2.75, 3.05) is 6.54 Å². The highest BCUT2D eigenvalue weighted by atomic mass is 16.2. The van der Waals surface area contributed by atoms with Gasteiger partial charge in [-0.3, -0.25) is 4.79 Å². The lowest BCUT2D eigenvalue weighted by atomic mass is 9.98. The number of nitrogens with zero attached hydrogens (tertiary/aromatic N) is 1. The molecule has 3 rings (SSSR count). The summed E-state index contributed by atoms with van der Waals surface area (Å²) in [5.41, 5.74) is 8.79. The fourth-order valence-corrected chi connectivity index (χ4v) is 3.13. The number of benzene rings is 1. The second-order valence-corrected chi connectivity index (χ2v) is 5.84. The van der Waals surface area contributed by atoms with E-state index in [0.717, 1.165) is 18.9 Å². The maximum Gasteiger partial charge on any atom is 0.224 e. The standard InChI is InChI=1S/C16H22N2O/c1-2-9-18-15(19)10-14(17)16(18)13-7-5-12(6-8-13)11-3-4-11/h5-8,11,14,16H,2-4,9-10,17H2,1H3. The fourth-order valence-electron chi connectivity index (χ4n) is 3.13. The van der Waals surface area contributed by atoms with Crippen LogP contribution in [0.2, 0.25) is 0 Å². The molecule has 102 valence electrons. The third-order valence-corrected chi connectivity index (χ3v) is 4.26. The minimum atomic E-state index is -0.0641. The maximum absolute atomic E-state index is 12.0. The van der Waals surface area contributed by atoms with Gasteiger partial charge in [0.05, 0.1) is 6.04 Å². The number of carbonyl (C=O) groups excluding carboxylic acids is 1. The molecule has 1 aliphatic carbocycles. The van der Waals surface area contributed by atoms with Crippen LogP contribution in [0.4, 0.5) is 0 Å². The van der Waals surface area contributed by atoms with Crippen LogP contribution in [0.1, 0.15) is 55.7 Å². The van der Waals surface area contributed by atoms with Gasteiger partial charge in [-0.15, -0.1) is 0 Å². The van der Waals surface area contributed by atoms with E-state index < -0.39 is 0 Å². The van der Waals surface area contributed by atoms with Crippen molar-refractivity contribution in [2.24, 2.45) is 5.73 Å². The van der Waals surface area contributed by atoms with Crippen molar-refractivity contribution in [1.29, 1.82) is 0 Å². The van der Waals surface area contributed by atoms with Gasteiger partial charge in [0.2, 0.25) is 5.91 Å². The van der Waals surface area contributed by atoms with Crippen molar-refractivity contribution in [2.45, 2.75) is 50.6 Å². The lowest BCUT2D eigenvalue weighted by molar-refractivity contribution is -0.129. The Balaban J connectivity index is 1.83. The number of hydrogen-bond donors (Lipinski definition) is 1. The first-order valence-electron chi connectivity index (χ1n) is 7.35. The van der Waals surface area contributed by atoms with Crippen LogP contribution in [-0.2, 0) is 4.79 Å². The molecule has 2 atom stereocenters. The van der Waals surface area contributed by atoms with Crippen LogP contribution in [0.25, 0.3) is 0 Å². The van der Waals surface area contributed by atoms with Crippen molar-refractivity contribution in [3.05, 3.63) is 35.4 Å². The van der Waals surface area contributed by atoms with Crippen molar-refractivity contribution < 1.29 is 4.79 Å². The lowest BCUT2D eigenvalue weighted by Crippen LogP contribution is -2.33. The predicted octanol–water partition coefficient (Wildman–Crippen LogP) is 2.57. The number of amides is 1. The summed E-state index contributed by atoms with van der Waals surface area (Å²) in [6.45, 7) is 2.91. The van der Waals surface area contributed by atoms with Gasteiger partial charge in [0, 0.05) is 19.0 Å². The van der Waals surface area contributed by atoms with Gasteiger partial charge < -0.3 is 10.6 Å². The molecule has 1 heterocycles. The monoisotopic (exact) mass is 258 g/mol. The van der Waals surface area contributed by atoms with Gasteiger partial charge in [0.15, 0.2) is 0 Å². The average molecular weight is 258 g/mol. The van der Waals surface area contributed by atoms with E-state index >= 15 is 0 Å². The largest absolute Gasteiger partial charge is 0.334 e. The Morgan fingerprint density at radius 2 is 1.84 bits per heavy atom. The topological polar surface area (TPSA) is 46.3 Å². The maximum atomic E-state index is 12.0. The highest BCUT2D eigenvalue weighted by molar-refractivity contribution is 5.80. The smallest absolute Gasteiger partial charge is 0.224 e. The zero-order valence-electron chi connectivity index (χ0n) is 11.5. The quantitative estimate of drug-likeness (QED) is 0.902. The molecular weight excluding hydrogens is 236 g/mol. The van der Waals surface area contributed by atoms with E-state index in [0.29, 0.717) is 6.42 Å². The first-order chi connectivity index (χ1) is 9.20. The molecule has 0 radical (unpaired) electrons. The molecule has 1 saturated carbocycles. The zero-order valence-corrected chi connectivity index (χ0v) is 11.5. The molecule has 2 aliphatic rings. The van der Waals surface area contributed by atoms with Gasteiger partial charge >= 0.3 is 0 Å². The van der Waals surface area contributed by atoms with Crippen molar-refractivity contribution in [1.82, 2.24) is 4.90 Å². The molecule has 1 saturated heterocycles. The summed E-state index contributed by atoms with van der Waals surface area (Å²) in [4.78, 5) is 13.9. The molecular formula is C16H22N2O. The van der Waals surface area contributed by atoms with Crippen LogP contribution in [-0.4, -0.2) is 23.4 Å². The van der Waals surface area contributed by atoms with Crippen LogP contribution < -0.4 is 5.73 Å². The van der Waals surface area contributed by atoms with E-state index in [4.69, 9.17) is 5.73 Å². The van der Waals surface area contributed by atoms with E-state index in [1.54, 1.807) is 0 Å². The number of nitrogens with two attached hydrogens (primary N) is 1. The summed E-state index contributed by atoms with van der Waals surface area (Å²) in [6, 6.07) is 8.77. The number of hydrogen-bond acceptors (Lipinski definition) is 2. The second kappa shape index (κ2) is 4.97. The summed E-state index contributed by atoms with van der Waals surface area (Å²) in [6.07, 6.45) is 4.11. The highest BCUT2D eigenvalue weighted by Crippen LogP contribution is 2.41. The fraction of sp³-hybridized carbons (Fsp3) is 0.562. The van der Waals surface area contributed by atoms with Crippen molar-refractivity contribution in [3.63, 3.8) is 0 Å². The van der Waals surface area contributed by atoms with Gasteiger partial charge in [-0.1, -0.05) is 31.2 Å². The number of rotatable bonds is 4. The van der Waals surface area contributed by atoms with Crippen molar-refractivity contribution >= 4 is 5.91 Å². The molecule has 1 aliphatic heterocycles. The molecule has 0 spiro atoms. The van der Waals surface area contributed by atoms with Gasteiger partial charge in [-0.25, -0.2) is 0 Å². The summed E-state index contributed by atoms with van der Waals surface area (Å²) >= 11 is 0. The molecule has 19 heavy (non-hydrogen) atoms. The molecule has 3 heteroatoms. The molecule has 1 aromatic rings. The molecule has 2 fully saturated rings. The van der Waals surface area contributed by atoms with Gasteiger partial charge in [0.1, 0.15) is 0 Å². The summed E-state index contributed by atoms with van der Waals surface area (Å²) in [5.74, 6) is 0.977. The summed E-state index contributed by atoms with van der Waals surface area (Å²) in [5, 5.41) is 0. The Bertz CT molecular complexity index is 464. The Morgan fingerprint density at radius 1 is 1.21 bits per heavy atom. The Morgan fingerprint density at radius 3 is 2.42 bits per heavy atom. The Labute approximate surface area is 114 Å². The molecule has 1 amide bonds. The van der Waals surface area contributed by atoms with Crippen molar-refractivity contribution in [3.8, 4) is 0 Å². The zero-order chi connectivity index (χ0) is 13.4. The van der Waals surface area contributed by atoms with E-state index in [1.807, 2.05) is 4.90 Å². The Hall–Kier alpha value is -1.35. The summed E-state index contributed by atoms with van der Waals surface area (Å²) in [7, 11) is 0. The second-order valence-electron chi connectivity index (χ2n) is 5.84. The lowest BCUT2D eigenvalue weighted by Gasteiger charge is -2.27. The predicted molar refractivity (Wildman–Crippen MR) is 75.8 cm³/mol. The normalized spacial score (nSPS) is 27.1. The number of likely N-dealkylation sites (tertiary alicyclic amines) is 1. The van der Waals surface area contributed by atoms with Crippen LogP contribution in [0, 0.1) is 0 Å². The third kappa shape index (κ3) is 2.39. The molecule has 1 aromatic carbocycles. The van der Waals surface area contributed by atoms with E-state index in [9.17, 15) is 4.79 Å². The molecule has 0 bridgehead atoms. The first-order valence-corrected chi connectivity index (χ1v) is 7.35. The third-order valence-electron chi connectivity index (χ3n) is 4.26. The van der Waals surface area contributed by atoms with Gasteiger partial charge in [-0.2, -0.15) is 0 Å². The molecule has 3 nitrogen and oxygen atoms in total. The number of carbonyl (C=O) groups is 1. The first kappa shape index (κ1) is 12.7. The SMILES string of the molecule is CCCN1C(=O)CC(N)C1c1ccc(C2CC2)cc1. The molecule has 2 unspecified atom stereocenters. The van der Waals surface area contributed by atoms with Crippen LogP contribution >= 0.6 is 0 Å². The van der Waals surface area contributed by atoms with Crippen LogP contribution in [0.15, 0.2) is 24.3 Å². The van der Waals surface area contributed by atoms with Gasteiger partial charge in [0.25, 0.3) is 0 Å². The molecule has 2 N–H and O–H groups in total. The molecule has 0 aromatic heterocycles. The van der Waals surface area contributed by atoms with E-state index in [1.165, 1.54) is 24.0 Å². The summed E-state index contributed by atoms with van der Waals surface area (Å²) < 4.78 is 0.